The highest BCUT2D eigenvalue weighted by Gasteiger charge is 2.73. The minimum atomic E-state index is -0.781. The van der Waals surface area contributed by atoms with Gasteiger partial charge in [-0.2, -0.15) is 5.26 Å². The molecule has 142 valence electrons. The van der Waals surface area contributed by atoms with Crippen LogP contribution in [0.1, 0.15) is 31.7 Å². The highest BCUT2D eigenvalue weighted by Crippen LogP contribution is 2.62. The molecule has 3 fully saturated rings. The van der Waals surface area contributed by atoms with Crippen LogP contribution >= 0.6 is 0 Å². The number of aliphatic hydroxyl groups is 1. The molecule has 0 unspecified atom stereocenters. The average molecular weight is 377 g/mol. The van der Waals surface area contributed by atoms with Gasteiger partial charge in [0.25, 0.3) is 0 Å². The number of hydrogen-bond donors (Lipinski definition) is 1. The van der Waals surface area contributed by atoms with Crippen LogP contribution in [0.15, 0.2) is 30.5 Å². The summed E-state index contributed by atoms with van der Waals surface area (Å²) in [5, 5.41) is 19.5. The molecule has 0 spiro atoms. The first-order chi connectivity index (χ1) is 13.5. The Hall–Kier alpha value is -2.82. The summed E-state index contributed by atoms with van der Waals surface area (Å²) in [5.74, 6) is -1.70. The summed E-state index contributed by atoms with van der Waals surface area (Å²) in [5.41, 5.74) is -0.159. The number of aromatic nitrogens is 1. The maximum Gasteiger partial charge on any atom is 0.240 e. The monoisotopic (exact) mass is 377 g/mol. The van der Waals surface area contributed by atoms with Crippen molar-refractivity contribution in [1.82, 2.24) is 4.98 Å². The first kappa shape index (κ1) is 17.3. The summed E-state index contributed by atoms with van der Waals surface area (Å²) in [6.07, 6.45) is 3.28. The summed E-state index contributed by atoms with van der Waals surface area (Å²) in [7, 11) is 0. The van der Waals surface area contributed by atoms with Gasteiger partial charge in [-0.15, -0.1) is 0 Å². The van der Waals surface area contributed by atoms with Gasteiger partial charge in [0, 0.05) is 24.6 Å². The van der Waals surface area contributed by atoms with Crippen LogP contribution in [0.25, 0.3) is 10.9 Å². The zero-order valence-electron chi connectivity index (χ0n) is 15.4. The van der Waals surface area contributed by atoms with E-state index in [1.54, 1.807) is 30.5 Å². The molecule has 0 radical (unpaired) electrons. The molecule has 3 saturated heterocycles. The highest BCUT2D eigenvalue weighted by molar-refractivity contribution is 6.26. The topological polar surface area (TPSA) is 104 Å². The fraction of sp³-hybridized carbons (Fsp3) is 0.429. The third-order valence-electron chi connectivity index (χ3n) is 6.65. The van der Waals surface area contributed by atoms with E-state index in [2.05, 4.69) is 11.1 Å². The average Bonchev–Trinajstić information content (AvgIpc) is 3.26. The van der Waals surface area contributed by atoms with Crippen molar-refractivity contribution < 1.29 is 19.4 Å². The van der Waals surface area contributed by atoms with Crippen LogP contribution in [0.3, 0.4) is 0 Å². The Morgan fingerprint density at radius 2 is 2.07 bits per heavy atom. The Morgan fingerprint density at radius 3 is 2.82 bits per heavy atom. The molecule has 1 aromatic heterocycles. The number of benzene rings is 1. The summed E-state index contributed by atoms with van der Waals surface area (Å²) in [6, 6.07) is 8.83. The molecule has 0 saturated carbocycles. The molecular formula is C21H19N3O4. The molecule has 4 heterocycles. The van der Waals surface area contributed by atoms with Crippen LogP contribution < -0.4 is 4.90 Å². The van der Waals surface area contributed by atoms with Crippen molar-refractivity contribution in [3.8, 4) is 6.07 Å². The van der Waals surface area contributed by atoms with E-state index in [9.17, 15) is 20.0 Å². The Bertz CT molecular complexity index is 1070. The van der Waals surface area contributed by atoms with Crippen molar-refractivity contribution in [3.05, 3.63) is 36.0 Å². The lowest BCUT2D eigenvalue weighted by atomic mass is 9.67. The van der Waals surface area contributed by atoms with E-state index in [1.807, 2.05) is 6.92 Å². The van der Waals surface area contributed by atoms with Gasteiger partial charge in [-0.25, -0.2) is 4.90 Å². The number of pyridine rings is 1. The van der Waals surface area contributed by atoms with Crippen LogP contribution in [-0.4, -0.2) is 39.7 Å². The van der Waals surface area contributed by atoms with E-state index in [-0.39, 0.29) is 18.4 Å². The summed E-state index contributed by atoms with van der Waals surface area (Å²) < 4.78 is 6.22. The summed E-state index contributed by atoms with van der Waals surface area (Å²) in [4.78, 5) is 32.4. The van der Waals surface area contributed by atoms with Gasteiger partial charge in [0.15, 0.2) is 0 Å². The first-order valence-electron chi connectivity index (χ1n) is 9.42. The van der Waals surface area contributed by atoms with Crippen molar-refractivity contribution in [2.75, 3.05) is 11.5 Å². The molecule has 5 rings (SSSR count). The molecule has 2 aromatic rings. The smallest absolute Gasteiger partial charge is 0.240 e. The van der Waals surface area contributed by atoms with Crippen molar-refractivity contribution in [2.45, 2.75) is 37.4 Å². The molecule has 3 aliphatic rings. The zero-order chi connectivity index (χ0) is 19.7. The molecule has 28 heavy (non-hydrogen) atoms. The fourth-order valence-corrected chi connectivity index (χ4v) is 5.48. The van der Waals surface area contributed by atoms with E-state index < -0.39 is 23.0 Å². The standard InChI is InChI=1S/C21H19N3O4/c1-20-6-7-21(28-20,8-10-25)16-15(20)18(26)24(19(16)27)14-5-4-12(11-22)17-13(14)3-2-9-23-17/h2-5,9,15-16,25H,6-8,10H2,1H3/t15-,16+,20-,21-/m0/s1. The van der Waals surface area contributed by atoms with Crippen molar-refractivity contribution in [2.24, 2.45) is 11.8 Å². The number of nitrogens with zero attached hydrogens (tertiary/aromatic N) is 3. The number of anilines is 1. The lowest BCUT2D eigenvalue weighted by molar-refractivity contribution is -0.131. The van der Waals surface area contributed by atoms with E-state index in [0.29, 0.717) is 41.4 Å². The van der Waals surface area contributed by atoms with E-state index >= 15 is 0 Å². The minimum Gasteiger partial charge on any atom is -0.396 e. The molecule has 7 nitrogen and oxygen atoms in total. The largest absolute Gasteiger partial charge is 0.396 e. The summed E-state index contributed by atoms with van der Waals surface area (Å²) in [6.45, 7) is 1.80. The number of hydrogen-bond acceptors (Lipinski definition) is 6. The number of amides is 2. The van der Waals surface area contributed by atoms with Gasteiger partial charge in [0.2, 0.25) is 11.8 Å². The highest BCUT2D eigenvalue weighted by atomic mass is 16.5. The molecule has 1 N–H and O–H groups in total. The van der Waals surface area contributed by atoms with Crippen molar-refractivity contribution in [1.29, 1.82) is 5.26 Å². The van der Waals surface area contributed by atoms with Gasteiger partial charge in [-0.3, -0.25) is 14.6 Å². The second kappa shape index (κ2) is 5.60. The van der Waals surface area contributed by atoms with Crippen LogP contribution in [0.2, 0.25) is 0 Å². The van der Waals surface area contributed by atoms with Crippen molar-refractivity contribution in [3.63, 3.8) is 0 Å². The Labute approximate surface area is 161 Å². The normalized spacial score (nSPS) is 33.5. The molecule has 3 aliphatic heterocycles. The number of rotatable bonds is 3. The molecule has 1 aromatic carbocycles. The van der Waals surface area contributed by atoms with E-state index in [4.69, 9.17) is 4.74 Å². The van der Waals surface area contributed by atoms with Gasteiger partial charge >= 0.3 is 0 Å². The third-order valence-corrected chi connectivity index (χ3v) is 6.65. The van der Waals surface area contributed by atoms with Gasteiger partial charge in [0.1, 0.15) is 6.07 Å². The number of ether oxygens (including phenoxy) is 1. The van der Waals surface area contributed by atoms with Gasteiger partial charge in [-0.05, 0) is 44.0 Å². The predicted octanol–water partition coefficient (Wildman–Crippen LogP) is 1.92. The lowest BCUT2D eigenvalue weighted by Crippen LogP contribution is -2.42. The molecule has 2 bridgehead atoms. The molecule has 7 heteroatoms. The molecule has 2 amide bonds. The SMILES string of the molecule is C[C@@]12CC[C@@](CCO)(O1)[C@H]1C(=O)N(c3ccc(C#N)c4ncccc34)C(=O)[C@H]12. The number of imide groups is 1. The van der Waals surface area contributed by atoms with Gasteiger partial charge in [-0.1, -0.05) is 0 Å². The van der Waals surface area contributed by atoms with Gasteiger partial charge in [0.05, 0.1) is 39.8 Å². The zero-order valence-corrected chi connectivity index (χ0v) is 15.4. The fourth-order valence-electron chi connectivity index (χ4n) is 5.48. The second-order valence-corrected chi connectivity index (χ2v) is 8.06. The number of carbonyl (C=O) groups is 2. The molecular weight excluding hydrogens is 358 g/mol. The van der Waals surface area contributed by atoms with Crippen LogP contribution in [0.4, 0.5) is 5.69 Å². The van der Waals surface area contributed by atoms with Crippen LogP contribution in [0, 0.1) is 23.2 Å². The maximum absolute atomic E-state index is 13.5. The molecule has 4 atom stereocenters. The van der Waals surface area contributed by atoms with E-state index in [0.717, 1.165) is 0 Å². The Kier molecular flexibility index (Phi) is 3.46. The van der Waals surface area contributed by atoms with Gasteiger partial charge < -0.3 is 9.84 Å². The van der Waals surface area contributed by atoms with Crippen molar-refractivity contribution >= 4 is 28.4 Å². The maximum atomic E-state index is 13.5. The Morgan fingerprint density at radius 1 is 1.29 bits per heavy atom. The number of carbonyl (C=O) groups excluding carboxylic acids is 2. The predicted molar refractivity (Wildman–Crippen MR) is 99.1 cm³/mol. The first-order valence-corrected chi connectivity index (χ1v) is 9.42. The second-order valence-electron chi connectivity index (χ2n) is 8.06. The Balaban J connectivity index is 1.67. The van der Waals surface area contributed by atoms with E-state index in [1.165, 1.54) is 4.90 Å². The number of fused-ring (bicyclic) bond motifs is 6. The quantitative estimate of drug-likeness (QED) is 0.820. The number of nitriles is 1. The summed E-state index contributed by atoms with van der Waals surface area (Å²) >= 11 is 0. The lowest BCUT2D eigenvalue weighted by Gasteiger charge is -2.30. The molecule has 0 aliphatic carbocycles. The van der Waals surface area contributed by atoms with Crippen LogP contribution in [-0.2, 0) is 14.3 Å². The number of aliphatic hydroxyl groups excluding tert-OH is 1. The third kappa shape index (κ3) is 1.96. The van der Waals surface area contributed by atoms with Crippen LogP contribution in [0.5, 0.6) is 0 Å². The minimum absolute atomic E-state index is 0.0928.